The maximum Gasteiger partial charge on any atom is 0.236 e. The fourth-order valence-electron chi connectivity index (χ4n) is 1.86. The normalized spacial score (nSPS) is 9.95. The van der Waals surface area contributed by atoms with Gasteiger partial charge in [0.05, 0.1) is 0 Å². The molecule has 0 radical (unpaired) electrons. The Balaban J connectivity index is 2.16. The van der Waals surface area contributed by atoms with Gasteiger partial charge in [-0.3, -0.25) is 0 Å². The van der Waals surface area contributed by atoms with E-state index in [9.17, 15) is 0 Å². The molecule has 4 heteroatoms. The summed E-state index contributed by atoms with van der Waals surface area (Å²) < 4.78 is 0. The maximum absolute atomic E-state index is 9.08. The minimum atomic E-state index is 0.123. The van der Waals surface area contributed by atoms with Gasteiger partial charge in [-0.15, -0.1) is 0 Å². The second-order valence-electron chi connectivity index (χ2n) is 4.15. The first-order valence-corrected chi connectivity index (χ1v) is 6.14. The molecule has 0 spiro atoms. The van der Waals surface area contributed by atoms with Gasteiger partial charge < -0.3 is 0 Å². The zero-order chi connectivity index (χ0) is 13.8. The lowest BCUT2D eigenvalue weighted by atomic mass is 10.2. The van der Waals surface area contributed by atoms with Gasteiger partial charge in [0.1, 0.15) is 6.07 Å². The van der Waals surface area contributed by atoms with Gasteiger partial charge in [0, 0.05) is 11.1 Å². The number of aromatic nitrogens is 3. The molecule has 3 aromatic rings. The standard InChI is InChI=1S/C16H10N4/c17-11-14-18-15(12-7-3-1-4-8-12)20-16(19-14)13-9-5-2-6-10-13/h1-10H. The molecule has 4 nitrogen and oxygen atoms in total. The molecule has 0 fully saturated rings. The number of benzene rings is 2. The van der Waals surface area contributed by atoms with Crippen LogP contribution in [-0.4, -0.2) is 15.0 Å². The van der Waals surface area contributed by atoms with Gasteiger partial charge in [-0.1, -0.05) is 60.7 Å². The number of hydrogen-bond acceptors (Lipinski definition) is 4. The number of nitrogens with zero attached hydrogens (tertiary/aromatic N) is 4. The van der Waals surface area contributed by atoms with Crippen molar-refractivity contribution in [3.05, 3.63) is 66.5 Å². The van der Waals surface area contributed by atoms with Crippen LogP contribution in [0.3, 0.4) is 0 Å². The number of nitriles is 1. The number of rotatable bonds is 2. The first-order valence-electron chi connectivity index (χ1n) is 6.14. The van der Waals surface area contributed by atoms with Crippen LogP contribution in [0.5, 0.6) is 0 Å². The van der Waals surface area contributed by atoms with Gasteiger partial charge >= 0.3 is 0 Å². The van der Waals surface area contributed by atoms with E-state index in [1.807, 2.05) is 66.7 Å². The van der Waals surface area contributed by atoms with E-state index < -0.39 is 0 Å². The Bertz CT molecular complexity index is 704. The van der Waals surface area contributed by atoms with Crippen LogP contribution in [0.2, 0.25) is 0 Å². The average molecular weight is 258 g/mol. The topological polar surface area (TPSA) is 62.5 Å². The van der Waals surface area contributed by atoms with Crippen molar-refractivity contribution < 1.29 is 0 Å². The molecule has 0 saturated heterocycles. The molecule has 20 heavy (non-hydrogen) atoms. The smallest absolute Gasteiger partial charge is 0.208 e. The van der Waals surface area contributed by atoms with Gasteiger partial charge in [-0.05, 0) is 0 Å². The molecule has 2 aromatic carbocycles. The van der Waals surface area contributed by atoms with Gasteiger partial charge in [0.25, 0.3) is 0 Å². The highest BCUT2D eigenvalue weighted by atomic mass is 15.0. The van der Waals surface area contributed by atoms with E-state index in [1.54, 1.807) is 0 Å². The Morgan fingerprint density at radius 2 is 1.10 bits per heavy atom. The molecule has 0 N–H and O–H groups in total. The van der Waals surface area contributed by atoms with Crippen LogP contribution in [0.4, 0.5) is 0 Å². The van der Waals surface area contributed by atoms with Crippen LogP contribution in [-0.2, 0) is 0 Å². The molecule has 94 valence electrons. The molecule has 0 atom stereocenters. The van der Waals surface area contributed by atoms with Crippen molar-refractivity contribution >= 4 is 0 Å². The van der Waals surface area contributed by atoms with E-state index in [0.29, 0.717) is 11.6 Å². The maximum atomic E-state index is 9.08. The zero-order valence-electron chi connectivity index (χ0n) is 10.6. The SMILES string of the molecule is N#Cc1nc(-c2ccccc2)nc(-c2ccccc2)n1. The molecule has 1 heterocycles. The van der Waals surface area contributed by atoms with Crippen molar-refractivity contribution in [3.8, 4) is 28.8 Å². The summed E-state index contributed by atoms with van der Waals surface area (Å²) in [6.45, 7) is 0. The predicted molar refractivity (Wildman–Crippen MR) is 75.4 cm³/mol. The Morgan fingerprint density at radius 3 is 1.50 bits per heavy atom. The fourth-order valence-corrected chi connectivity index (χ4v) is 1.86. The van der Waals surface area contributed by atoms with Crippen LogP contribution < -0.4 is 0 Å². The molecule has 3 rings (SSSR count). The van der Waals surface area contributed by atoms with Crippen molar-refractivity contribution in [2.45, 2.75) is 0 Å². The lowest BCUT2D eigenvalue weighted by molar-refractivity contribution is 1.03. The molecule has 0 saturated carbocycles. The average Bonchev–Trinajstić information content (AvgIpc) is 2.56. The number of hydrogen-bond donors (Lipinski definition) is 0. The molecule has 0 bridgehead atoms. The third-order valence-electron chi connectivity index (χ3n) is 2.80. The molecular weight excluding hydrogens is 248 g/mol. The lowest BCUT2D eigenvalue weighted by Crippen LogP contribution is -2.00. The van der Waals surface area contributed by atoms with Crippen LogP contribution in [0, 0.1) is 11.3 Å². The minimum absolute atomic E-state index is 0.123. The van der Waals surface area contributed by atoms with Crippen molar-refractivity contribution in [1.29, 1.82) is 5.26 Å². The minimum Gasteiger partial charge on any atom is -0.208 e. The summed E-state index contributed by atoms with van der Waals surface area (Å²) in [5, 5.41) is 9.08. The quantitative estimate of drug-likeness (QED) is 0.708. The van der Waals surface area contributed by atoms with E-state index in [0.717, 1.165) is 11.1 Å². The van der Waals surface area contributed by atoms with Crippen molar-refractivity contribution in [2.24, 2.45) is 0 Å². The first kappa shape index (κ1) is 12.0. The highest BCUT2D eigenvalue weighted by Gasteiger charge is 2.09. The lowest BCUT2D eigenvalue weighted by Gasteiger charge is -2.04. The Kier molecular flexibility index (Phi) is 3.17. The molecule has 1 aromatic heterocycles. The summed E-state index contributed by atoms with van der Waals surface area (Å²) in [6, 6.07) is 21.1. The summed E-state index contributed by atoms with van der Waals surface area (Å²) in [5.74, 6) is 1.14. The van der Waals surface area contributed by atoms with E-state index in [-0.39, 0.29) is 5.82 Å². The van der Waals surface area contributed by atoms with Crippen molar-refractivity contribution in [3.63, 3.8) is 0 Å². The Labute approximate surface area is 116 Å². The van der Waals surface area contributed by atoms with Crippen molar-refractivity contribution in [1.82, 2.24) is 15.0 Å². The second kappa shape index (κ2) is 5.29. The molecule has 0 aliphatic rings. The third-order valence-corrected chi connectivity index (χ3v) is 2.80. The summed E-state index contributed by atoms with van der Waals surface area (Å²) in [5.41, 5.74) is 1.73. The van der Waals surface area contributed by atoms with Gasteiger partial charge in [0.15, 0.2) is 11.6 Å². The molecule has 0 amide bonds. The summed E-state index contributed by atoms with van der Waals surface area (Å²) in [6.07, 6.45) is 0. The Morgan fingerprint density at radius 1 is 0.650 bits per heavy atom. The highest BCUT2D eigenvalue weighted by Crippen LogP contribution is 2.19. The monoisotopic (exact) mass is 258 g/mol. The van der Waals surface area contributed by atoms with Crippen LogP contribution in [0.15, 0.2) is 60.7 Å². The van der Waals surface area contributed by atoms with E-state index >= 15 is 0 Å². The van der Waals surface area contributed by atoms with E-state index in [4.69, 9.17) is 5.26 Å². The van der Waals surface area contributed by atoms with Crippen molar-refractivity contribution in [2.75, 3.05) is 0 Å². The van der Waals surface area contributed by atoms with Gasteiger partial charge in [0.2, 0.25) is 5.82 Å². The first-order chi connectivity index (χ1) is 9.86. The van der Waals surface area contributed by atoms with Gasteiger partial charge in [-0.25, -0.2) is 4.98 Å². The van der Waals surface area contributed by atoms with Crippen LogP contribution in [0.25, 0.3) is 22.8 Å². The Hall–Kier alpha value is -3.06. The molecular formula is C16H10N4. The second-order valence-corrected chi connectivity index (χ2v) is 4.15. The fraction of sp³-hybridized carbons (Fsp3) is 0. The third kappa shape index (κ3) is 2.38. The van der Waals surface area contributed by atoms with Crippen LogP contribution in [0.1, 0.15) is 5.82 Å². The largest absolute Gasteiger partial charge is 0.236 e. The summed E-state index contributed by atoms with van der Waals surface area (Å²) in [7, 11) is 0. The summed E-state index contributed by atoms with van der Waals surface area (Å²) >= 11 is 0. The highest BCUT2D eigenvalue weighted by molar-refractivity contribution is 5.61. The zero-order valence-corrected chi connectivity index (χ0v) is 10.6. The molecule has 0 aliphatic heterocycles. The predicted octanol–water partition coefficient (Wildman–Crippen LogP) is 3.08. The van der Waals surface area contributed by atoms with Gasteiger partial charge in [-0.2, -0.15) is 15.2 Å². The van der Waals surface area contributed by atoms with E-state index in [1.165, 1.54) is 0 Å². The van der Waals surface area contributed by atoms with Crippen LogP contribution >= 0.6 is 0 Å². The molecule has 0 aliphatic carbocycles. The summed E-state index contributed by atoms with van der Waals surface area (Å²) in [4.78, 5) is 12.8. The van der Waals surface area contributed by atoms with E-state index in [2.05, 4.69) is 15.0 Å². The molecule has 0 unspecified atom stereocenters.